The van der Waals surface area contributed by atoms with Gasteiger partial charge in [0.15, 0.2) is 5.69 Å². The monoisotopic (exact) mass is 408 g/mol. The molecule has 0 atom stereocenters. The Kier molecular flexibility index (Phi) is 5.86. The van der Waals surface area contributed by atoms with E-state index < -0.39 is 22.7 Å². The summed E-state index contributed by atoms with van der Waals surface area (Å²) in [7, 11) is 0. The number of rotatable bonds is 5. The molecule has 0 saturated carbocycles. The number of thiazole rings is 1. The topological polar surface area (TPSA) is 42.0 Å². The van der Waals surface area contributed by atoms with Gasteiger partial charge in [-0.15, -0.1) is 23.1 Å². The molecule has 0 aliphatic carbocycles. The van der Waals surface area contributed by atoms with Crippen LogP contribution >= 0.6 is 23.1 Å². The molecule has 0 unspecified atom stereocenters. The van der Waals surface area contributed by atoms with E-state index in [4.69, 9.17) is 0 Å². The number of nitrogens with one attached hydrogen (secondary N) is 1. The van der Waals surface area contributed by atoms with Crippen LogP contribution in [-0.4, -0.2) is 10.9 Å². The van der Waals surface area contributed by atoms with Gasteiger partial charge < -0.3 is 5.32 Å². The van der Waals surface area contributed by atoms with Crippen LogP contribution in [-0.2, 0) is 11.9 Å². The zero-order chi connectivity index (χ0) is 19.4. The van der Waals surface area contributed by atoms with Gasteiger partial charge in [-0.05, 0) is 30.7 Å². The highest BCUT2D eigenvalue weighted by Gasteiger charge is 2.39. The highest BCUT2D eigenvalue weighted by molar-refractivity contribution is 7.98. The lowest BCUT2D eigenvalue weighted by atomic mass is 10.2. The molecule has 2 aromatic carbocycles. The molecule has 1 amide bonds. The number of aryl methyl sites for hydroxylation is 1. The average molecular weight is 408 g/mol. The summed E-state index contributed by atoms with van der Waals surface area (Å²) >= 11 is 2.32. The van der Waals surface area contributed by atoms with Gasteiger partial charge in [0.05, 0.1) is 5.01 Å². The maximum atomic E-state index is 13.1. The first-order chi connectivity index (χ1) is 12.8. The second kappa shape index (κ2) is 8.14. The van der Waals surface area contributed by atoms with Crippen molar-refractivity contribution in [3.8, 4) is 0 Å². The number of benzene rings is 2. The molecule has 0 fully saturated rings. The second-order valence-corrected chi connectivity index (χ2v) is 7.87. The number of alkyl halides is 3. The Hall–Kier alpha value is -2.32. The van der Waals surface area contributed by atoms with Crippen molar-refractivity contribution in [2.45, 2.75) is 23.7 Å². The standard InChI is InChI=1S/C19H15F3N2OS2/c1-12-23-17(19(20,21)22)16(27-12)18(25)24-15-10-6-5-7-13(15)11-26-14-8-3-2-4-9-14/h2-10H,11H2,1H3,(H,24,25). The van der Waals surface area contributed by atoms with Crippen molar-refractivity contribution in [3.63, 3.8) is 0 Å². The molecule has 0 saturated heterocycles. The third kappa shape index (κ3) is 4.90. The minimum Gasteiger partial charge on any atom is -0.321 e. The van der Waals surface area contributed by atoms with Crippen LogP contribution < -0.4 is 5.32 Å². The summed E-state index contributed by atoms with van der Waals surface area (Å²) in [5.74, 6) is -0.223. The van der Waals surface area contributed by atoms with Crippen molar-refractivity contribution >= 4 is 34.7 Å². The van der Waals surface area contributed by atoms with Gasteiger partial charge in [-0.2, -0.15) is 13.2 Å². The van der Waals surface area contributed by atoms with Gasteiger partial charge in [0.25, 0.3) is 5.91 Å². The lowest BCUT2D eigenvalue weighted by molar-refractivity contribution is -0.141. The Balaban J connectivity index is 1.79. The normalized spacial score (nSPS) is 11.4. The Labute approximate surface area is 162 Å². The quantitative estimate of drug-likeness (QED) is 0.525. The van der Waals surface area contributed by atoms with Crippen molar-refractivity contribution in [1.82, 2.24) is 4.98 Å². The molecule has 1 heterocycles. The molecule has 1 N–H and O–H groups in total. The summed E-state index contributed by atoms with van der Waals surface area (Å²) in [4.78, 5) is 16.6. The van der Waals surface area contributed by atoms with Crippen molar-refractivity contribution in [2.75, 3.05) is 5.32 Å². The highest BCUT2D eigenvalue weighted by Crippen LogP contribution is 2.35. The van der Waals surface area contributed by atoms with Crippen LogP contribution in [0.5, 0.6) is 0 Å². The number of para-hydroxylation sites is 1. The number of amides is 1. The Morgan fingerprint density at radius 1 is 1.11 bits per heavy atom. The predicted octanol–water partition coefficient (Wildman–Crippen LogP) is 6.01. The van der Waals surface area contributed by atoms with Crippen LogP contribution in [0.2, 0.25) is 0 Å². The van der Waals surface area contributed by atoms with E-state index >= 15 is 0 Å². The fourth-order valence-electron chi connectivity index (χ4n) is 2.40. The van der Waals surface area contributed by atoms with E-state index in [0.717, 1.165) is 21.8 Å². The van der Waals surface area contributed by atoms with Gasteiger partial charge in [-0.3, -0.25) is 4.79 Å². The first-order valence-corrected chi connectivity index (χ1v) is 9.76. The molecule has 3 aromatic rings. The molecular weight excluding hydrogens is 393 g/mol. The van der Waals surface area contributed by atoms with Crippen molar-refractivity contribution in [1.29, 1.82) is 0 Å². The van der Waals surface area contributed by atoms with E-state index in [2.05, 4.69) is 10.3 Å². The molecule has 0 aliphatic heterocycles. The van der Waals surface area contributed by atoms with Crippen molar-refractivity contribution in [3.05, 3.63) is 75.7 Å². The van der Waals surface area contributed by atoms with E-state index in [0.29, 0.717) is 11.4 Å². The number of thioether (sulfide) groups is 1. The first-order valence-electron chi connectivity index (χ1n) is 7.96. The molecule has 3 nitrogen and oxygen atoms in total. The van der Waals surface area contributed by atoms with Gasteiger partial charge in [0.2, 0.25) is 0 Å². The van der Waals surface area contributed by atoms with Gasteiger partial charge in [0.1, 0.15) is 4.88 Å². The van der Waals surface area contributed by atoms with Gasteiger partial charge in [0, 0.05) is 16.3 Å². The number of aromatic nitrogens is 1. The number of carbonyl (C=O) groups excluding carboxylic acids is 1. The molecule has 140 valence electrons. The summed E-state index contributed by atoms with van der Waals surface area (Å²) in [5, 5.41) is 2.80. The lowest BCUT2D eigenvalue weighted by Gasteiger charge is -2.11. The summed E-state index contributed by atoms with van der Waals surface area (Å²) in [6.45, 7) is 1.45. The van der Waals surface area contributed by atoms with Crippen molar-refractivity contribution < 1.29 is 18.0 Å². The van der Waals surface area contributed by atoms with Crippen molar-refractivity contribution in [2.24, 2.45) is 0 Å². The fourth-order valence-corrected chi connectivity index (χ4v) is 4.16. The molecular formula is C19H15F3N2OS2. The number of nitrogens with zero attached hydrogens (tertiary/aromatic N) is 1. The number of halogens is 3. The fraction of sp³-hybridized carbons (Fsp3) is 0.158. The molecule has 0 aliphatic rings. The smallest absolute Gasteiger partial charge is 0.321 e. The average Bonchev–Trinajstić information content (AvgIpc) is 3.04. The molecule has 0 radical (unpaired) electrons. The van der Waals surface area contributed by atoms with E-state index in [1.807, 2.05) is 42.5 Å². The molecule has 1 aromatic heterocycles. The summed E-state index contributed by atoms with van der Waals surface area (Å²) in [6, 6.07) is 16.8. The molecule has 0 bridgehead atoms. The molecule has 0 spiro atoms. The van der Waals surface area contributed by atoms with Crippen LogP contribution in [0.25, 0.3) is 0 Å². The van der Waals surface area contributed by atoms with Gasteiger partial charge >= 0.3 is 6.18 Å². The Morgan fingerprint density at radius 2 is 1.78 bits per heavy atom. The van der Waals surface area contributed by atoms with Crippen LogP contribution in [0.4, 0.5) is 18.9 Å². The zero-order valence-electron chi connectivity index (χ0n) is 14.2. The van der Waals surface area contributed by atoms with Gasteiger partial charge in [-0.1, -0.05) is 36.4 Å². The minimum absolute atomic E-state index is 0.195. The number of carbonyl (C=O) groups is 1. The lowest BCUT2D eigenvalue weighted by Crippen LogP contribution is -2.17. The number of hydrogen-bond donors (Lipinski definition) is 1. The molecule has 3 rings (SSSR count). The van der Waals surface area contributed by atoms with E-state index in [1.165, 1.54) is 6.92 Å². The predicted molar refractivity (Wildman–Crippen MR) is 102 cm³/mol. The van der Waals surface area contributed by atoms with E-state index in [9.17, 15) is 18.0 Å². The maximum absolute atomic E-state index is 13.1. The zero-order valence-corrected chi connectivity index (χ0v) is 15.8. The Bertz CT molecular complexity index is 940. The van der Waals surface area contributed by atoms with E-state index in [-0.39, 0.29) is 5.01 Å². The Morgan fingerprint density at radius 3 is 2.48 bits per heavy atom. The first kappa shape index (κ1) is 19.4. The van der Waals surface area contributed by atoms with Crippen LogP contribution in [0.15, 0.2) is 59.5 Å². The minimum atomic E-state index is -4.67. The van der Waals surface area contributed by atoms with Crippen LogP contribution in [0.3, 0.4) is 0 Å². The van der Waals surface area contributed by atoms with Crippen LogP contribution in [0.1, 0.15) is 25.9 Å². The second-order valence-electron chi connectivity index (χ2n) is 5.62. The van der Waals surface area contributed by atoms with Gasteiger partial charge in [-0.25, -0.2) is 4.98 Å². The summed E-state index contributed by atoms with van der Waals surface area (Å²) < 4.78 is 39.3. The highest BCUT2D eigenvalue weighted by atomic mass is 32.2. The van der Waals surface area contributed by atoms with E-state index in [1.54, 1.807) is 23.9 Å². The molecule has 27 heavy (non-hydrogen) atoms. The number of anilines is 1. The summed E-state index contributed by atoms with van der Waals surface area (Å²) in [5.41, 5.74) is 0.179. The molecule has 8 heteroatoms. The largest absolute Gasteiger partial charge is 0.435 e. The summed E-state index contributed by atoms with van der Waals surface area (Å²) in [6.07, 6.45) is -4.67. The van der Waals surface area contributed by atoms with Crippen LogP contribution in [0, 0.1) is 6.92 Å². The SMILES string of the molecule is Cc1nc(C(F)(F)F)c(C(=O)Nc2ccccc2CSc2ccccc2)s1. The third-order valence-corrected chi connectivity index (χ3v) is 5.64. The third-order valence-electron chi connectivity index (χ3n) is 3.61. The number of hydrogen-bond acceptors (Lipinski definition) is 4. The maximum Gasteiger partial charge on any atom is 0.435 e.